The van der Waals surface area contributed by atoms with E-state index >= 15 is 0 Å². The largest absolute Gasteiger partial charge is 0.415 e. The lowest BCUT2D eigenvalue weighted by Crippen LogP contribution is -2.49. The maximum atomic E-state index is 12.5. The maximum absolute atomic E-state index is 12.5. The monoisotopic (exact) mass is 311 g/mol. The van der Waals surface area contributed by atoms with Gasteiger partial charge < -0.3 is 9.47 Å². The van der Waals surface area contributed by atoms with Crippen LogP contribution in [0.2, 0.25) is 0 Å². The van der Waals surface area contributed by atoms with Crippen LogP contribution in [0.15, 0.2) is 54.6 Å². The minimum Gasteiger partial charge on any atom is -0.410 e. The average Bonchev–Trinajstić information content (AvgIpc) is 2.57. The summed E-state index contributed by atoms with van der Waals surface area (Å²) in [5, 5.41) is 0. The van der Waals surface area contributed by atoms with E-state index in [0.717, 1.165) is 5.56 Å². The molecule has 1 amide bonds. The fourth-order valence-corrected chi connectivity index (χ4v) is 2.64. The third-order valence-corrected chi connectivity index (χ3v) is 4.07. The molecule has 2 aromatic carbocycles. The molecule has 1 fully saturated rings. The van der Waals surface area contributed by atoms with E-state index in [1.54, 1.807) is 17.0 Å². The minimum atomic E-state index is -0.330. The van der Waals surface area contributed by atoms with Crippen LogP contribution < -0.4 is 4.74 Å². The van der Waals surface area contributed by atoms with Gasteiger partial charge in [0.2, 0.25) is 0 Å². The van der Waals surface area contributed by atoms with Crippen molar-refractivity contribution < 1.29 is 14.3 Å². The summed E-state index contributed by atoms with van der Waals surface area (Å²) in [6.07, 6.45) is -0.445. The van der Waals surface area contributed by atoms with Gasteiger partial charge in [-0.15, -0.1) is 0 Å². The van der Waals surface area contributed by atoms with Gasteiger partial charge in [-0.25, -0.2) is 4.79 Å². The summed E-state index contributed by atoms with van der Waals surface area (Å²) in [6, 6.07) is 17.4. The summed E-state index contributed by atoms with van der Waals surface area (Å²) in [5.41, 5.74) is 2.29. The Hall–Kier alpha value is -2.33. The van der Waals surface area contributed by atoms with E-state index in [1.807, 2.05) is 25.1 Å². The highest BCUT2D eigenvalue weighted by Gasteiger charge is 2.31. The zero-order valence-electron chi connectivity index (χ0n) is 13.4. The van der Waals surface area contributed by atoms with Crippen molar-refractivity contribution in [2.75, 3.05) is 13.2 Å². The van der Waals surface area contributed by atoms with Gasteiger partial charge in [-0.05, 0) is 31.5 Å². The minimum absolute atomic E-state index is 0.00656. The number of amides is 1. The third kappa shape index (κ3) is 3.71. The van der Waals surface area contributed by atoms with Crippen molar-refractivity contribution in [3.05, 3.63) is 65.7 Å². The third-order valence-electron chi connectivity index (χ3n) is 4.07. The molecule has 2 aromatic rings. The molecule has 4 heteroatoms. The van der Waals surface area contributed by atoms with Crippen LogP contribution in [0.3, 0.4) is 0 Å². The van der Waals surface area contributed by atoms with E-state index in [4.69, 9.17) is 9.47 Å². The van der Waals surface area contributed by atoms with Gasteiger partial charge in [-0.2, -0.15) is 0 Å². The molecule has 0 N–H and O–H groups in total. The predicted molar refractivity (Wildman–Crippen MR) is 88.5 cm³/mol. The summed E-state index contributed by atoms with van der Waals surface area (Å²) in [4.78, 5) is 14.2. The number of aryl methyl sites for hydroxylation is 1. The highest BCUT2D eigenvalue weighted by molar-refractivity contribution is 5.71. The smallest absolute Gasteiger partial charge is 0.410 e. The molecule has 1 aliphatic heterocycles. The second kappa shape index (κ2) is 6.84. The molecule has 1 saturated heterocycles. The lowest BCUT2D eigenvalue weighted by Gasteiger charge is -2.37. The van der Waals surface area contributed by atoms with Crippen molar-refractivity contribution in [3.8, 4) is 5.75 Å². The van der Waals surface area contributed by atoms with E-state index in [1.165, 1.54) is 5.56 Å². The first-order valence-corrected chi connectivity index (χ1v) is 7.85. The Labute approximate surface area is 136 Å². The van der Waals surface area contributed by atoms with Crippen molar-refractivity contribution in [2.45, 2.75) is 26.0 Å². The number of hydrogen-bond donors (Lipinski definition) is 0. The van der Waals surface area contributed by atoms with Gasteiger partial charge in [-0.3, -0.25) is 4.90 Å². The van der Waals surface area contributed by atoms with Crippen molar-refractivity contribution in [2.24, 2.45) is 0 Å². The SMILES string of the molecule is Cc1ccc(C2CN(C(=O)Oc3ccccc3)C(C)CO2)cc1. The molecule has 3 rings (SSSR count). The molecule has 120 valence electrons. The Morgan fingerprint density at radius 3 is 2.52 bits per heavy atom. The molecule has 0 aromatic heterocycles. The zero-order valence-corrected chi connectivity index (χ0v) is 13.4. The first-order chi connectivity index (χ1) is 11.1. The van der Waals surface area contributed by atoms with Crippen LogP contribution >= 0.6 is 0 Å². The molecule has 0 radical (unpaired) electrons. The van der Waals surface area contributed by atoms with Crippen LogP contribution in [0, 0.1) is 6.92 Å². The normalized spacial score (nSPS) is 21.0. The number of nitrogens with zero attached hydrogens (tertiary/aromatic N) is 1. The highest BCUT2D eigenvalue weighted by atomic mass is 16.6. The summed E-state index contributed by atoms with van der Waals surface area (Å²) in [7, 11) is 0. The van der Waals surface area contributed by atoms with Crippen molar-refractivity contribution >= 4 is 6.09 Å². The molecular formula is C19H21NO3. The Balaban J connectivity index is 1.70. The van der Waals surface area contributed by atoms with Gasteiger partial charge in [0.1, 0.15) is 11.9 Å². The summed E-state index contributed by atoms with van der Waals surface area (Å²) >= 11 is 0. The van der Waals surface area contributed by atoms with Crippen LogP contribution in [0.25, 0.3) is 0 Å². The number of hydrogen-bond acceptors (Lipinski definition) is 3. The van der Waals surface area contributed by atoms with Crippen LogP contribution in [-0.4, -0.2) is 30.2 Å². The lowest BCUT2D eigenvalue weighted by atomic mass is 10.0. The summed E-state index contributed by atoms with van der Waals surface area (Å²) in [6.45, 7) is 5.02. The number of benzene rings is 2. The second-order valence-corrected chi connectivity index (χ2v) is 5.92. The number of carbonyl (C=O) groups is 1. The van der Waals surface area contributed by atoms with Gasteiger partial charge in [0.05, 0.1) is 19.2 Å². The molecule has 0 saturated carbocycles. The zero-order chi connectivity index (χ0) is 16.2. The fourth-order valence-electron chi connectivity index (χ4n) is 2.64. The molecular weight excluding hydrogens is 290 g/mol. The molecule has 23 heavy (non-hydrogen) atoms. The summed E-state index contributed by atoms with van der Waals surface area (Å²) in [5.74, 6) is 0.558. The molecule has 1 aliphatic rings. The maximum Gasteiger partial charge on any atom is 0.415 e. The van der Waals surface area contributed by atoms with Gasteiger partial charge in [0, 0.05) is 0 Å². The quantitative estimate of drug-likeness (QED) is 0.843. The Kier molecular flexibility index (Phi) is 4.63. The molecule has 4 nitrogen and oxygen atoms in total. The molecule has 0 aliphatic carbocycles. The average molecular weight is 311 g/mol. The lowest BCUT2D eigenvalue weighted by molar-refractivity contribution is -0.0491. The fraction of sp³-hybridized carbons (Fsp3) is 0.316. The summed E-state index contributed by atoms with van der Waals surface area (Å²) < 4.78 is 11.4. The Morgan fingerprint density at radius 2 is 1.83 bits per heavy atom. The Bertz CT molecular complexity index is 654. The number of para-hydroxylation sites is 1. The van der Waals surface area contributed by atoms with Gasteiger partial charge in [0.25, 0.3) is 0 Å². The van der Waals surface area contributed by atoms with Gasteiger partial charge >= 0.3 is 6.09 Å². The van der Waals surface area contributed by atoms with E-state index in [0.29, 0.717) is 18.9 Å². The molecule has 2 unspecified atom stereocenters. The van der Waals surface area contributed by atoms with Crippen molar-refractivity contribution in [1.82, 2.24) is 4.90 Å². The topological polar surface area (TPSA) is 38.8 Å². The van der Waals surface area contributed by atoms with E-state index in [9.17, 15) is 4.79 Å². The second-order valence-electron chi connectivity index (χ2n) is 5.92. The molecule has 2 atom stereocenters. The van der Waals surface area contributed by atoms with E-state index in [2.05, 4.69) is 31.2 Å². The number of ether oxygens (including phenoxy) is 2. The standard InChI is InChI=1S/C19H21NO3/c1-14-8-10-16(11-9-14)18-12-20(15(2)13-22-18)19(21)23-17-6-4-3-5-7-17/h3-11,15,18H,12-13H2,1-2H3. The number of morpholine rings is 1. The van der Waals surface area contributed by atoms with Crippen molar-refractivity contribution in [1.29, 1.82) is 0 Å². The van der Waals surface area contributed by atoms with Crippen LogP contribution in [0.5, 0.6) is 5.75 Å². The molecule has 0 spiro atoms. The predicted octanol–water partition coefficient (Wildman–Crippen LogP) is 3.96. The van der Waals surface area contributed by atoms with E-state index < -0.39 is 0 Å². The Morgan fingerprint density at radius 1 is 1.13 bits per heavy atom. The van der Waals surface area contributed by atoms with E-state index in [-0.39, 0.29) is 18.2 Å². The molecule has 0 bridgehead atoms. The first-order valence-electron chi connectivity index (χ1n) is 7.85. The number of rotatable bonds is 2. The number of carbonyl (C=O) groups excluding carboxylic acids is 1. The van der Waals surface area contributed by atoms with Gasteiger partial charge in [0.15, 0.2) is 0 Å². The van der Waals surface area contributed by atoms with Gasteiger partial charge in [-0.1, -0.05) is 48.0 Å². The highest BCUT2D eigenvalue weighted by Crippen LogP contribution is 2.26. The van der Waals surface area contributed by atoms with Crippen LogP contribution in [0.1, 0.15) is 24.2 Å². The van der Waals surface area contributed by atoms with Crippen LogP contribution in [-0.2, 0) is 4.74 Å². The van der Waals surface area contributed by atoms with Crippen LogP contribution in [0.4, 0.5) is 4.79 Å². The molecule has 1 heterocycles. The first kappa shape index (κ1) is 15.6. The van der Waals surface area contributed by atoms with Crippen molar-refractivity contribution in [3.63, 3.8) is 0 Å².